The van der Waals surface area contributed by atoms with Crippen LogP contribution >= 0.6 is 0 Å². The Morgan fingerprint density at radius 3 is 2.42 bits per heavy atom. The zero-order valence-electron chi connectivity index (χ0n) is 13.8. The van der Waals surface area contributed by atoms with Crippen molar-refractivity contribution in [3.63, 3.8) is 0 Å². The van der Waals surface area contributed by atoms with E-state index >= 15 is 0 Å². The molecule has 0 saturated carbocycles. The summed E-state index contributed by atoms with van der Waals surface area (Å²) in [7, 11) is 0. The molecule has 1 aromatic heterocycles. The van der Waals surface area contributed by atoms with E-state index in [0.29, 0.717) is 24.2 Å². The van der Waals surface area contributed by atoms with Crippen LogP contribution in [0.1, 0.15) is 24.1 Å². The Morgan fingerprint density at radius 1 is 1.04 bits per heavy atom. The number of likely N-dealkylation sites (tertiary alicyclic amines) is 1. The molecule has 7 heteroatoms. The van der Waals surface area contributed by atoms with Crippen LogP contribution in [-0.2, 0) is 17.5 Å². The number of nitrogens with zero attached hydrogens (tertiary/aromatic N) is 3. The van der Waals surface area contributed by atoms with Gasteiger partial charge in [0.25, 0.3) is 0 Å². The number of alkyl halides is 3. The van der Waals surface area contributed by atoms with Crippen LogP contribution in [-0.4, -0.2) is 27.1 Å². The number of carbonyl (C=O) groups excluding carboxylic acids is 1. The van der Waals surface area contributed by atoms with Crippen molar-refractivity contribution < 1.29 is 18.0 Å². The molecule has 26 heavy (non-hydrogen) atoms. The standard InChI is InChI=1S/C19H16F3N3O/c20-19(21,22)18-15-4-1-2-5-16(15)25(23-18)14-9-7-13(8-10-14)12-24-11-3-6-17(24)26/h1-2,4-5,7-10H,3,6,11-12H2. The smallest absolute Gasteiger partial charge is 0.338 e. The molecule has 0 unspecified atom stereocenters. The highest BCUT2D eigenvalue weighted by atomic mass is 19.4. The van der Waals surface area contributed by atoms with Gasteiger partial charge in [-0.15, -0.1) is 0 Å². The first-order valence-corrected chi connectivity index (χ1v) is 8.35. The van der Waals surface area contributed by atoms with E-state index in [-0.39, 0.29) is 11.3 Å². The van der Waals surface area contributed by atoms with E-state index in [1.54, 1.807) is 35.2 Å². The Hall–Kier alpha value is -2.83. The van der Waals surface area contributed by atoms with Crippen molar-refractivity contribution in [2.75, 3.05) is 6.54 Å². The molecule has 1 aliphatic rings. The summed E-state index contributed by atoms with van der Waals surface area (Å²) in [6.45, 7) is 1.27. The van der Waals surface area contributed by atoms with E-state index in [4.69, 9.17) is 0 Å². The highest BCUT2D eigenvalue weighted by Gasteiger charge is 2.36. The molecule has 3 aromatic rings. The van der Waals surface area contributed by atoms with Gasteiger partial charge in [0.2, 0.25) is 5.91 Å². The van der Waals surface area contributed by atoms with E-state index in [0.717, 1.165) is 18.5 Å². The molecular formula is C19H16F3N3O. The minimum absolute atomic E-state index is 0.0757. The minimum Gasteiger partial charge on any atom is -0.338 e. The average Bonchev–Trinajstić information content (AvgIpc) is 3.19. The van der Waals surface area contributed by atoms with Crippen LogP contribution in [0.3, 0.4) is 0 Å². The second kappa shape index (κ2) is 6.16. The van der Waals surface area contributed by atoms with Crippen LogP contribution in [0.15, 0.2) is 48.5 Å². The minimum atomic E-state index is -4.51. The van der Waals surface area contributed by atoms with Crippen molar-refractivity contribution >= 4 is 16.8 Å². The molecule has 2 heterocycles. The van der Waals surface area contributed by atoms with Crippen molar-refractivity contribution in [2.24, 2.45) is 0 Å². The second-order valence-electron chi connectivity index (χ2n) is 6.36. The molecule has 0 N–H and O–H groups in total. The van der Waals surface area contributed by atoms with Crippen molar-refractivity contribution in [1.29, 1.82) is 0 Å². The van der Waals surface area contributed by atoms with E-state index in [2.05, 4.69) is 5.10 Å². The van der Waals surface area contributed by atoms with Crippen LogP contribution in [0.5, 0.6) is 0 Å². The summed E-state index contributed by atoms with van der Waals surface area (Å²) in [5.41, 5.74) is 1.01. The summed E-state index contributed by atoms with van der Waals surface area (Å²) in [4.78, 5) is 13.5. The van der Waals surface area contributed by atoms with Gasteiger partial charge in [-0.1, -0.05) is 30.3 Å². The number of amides is 1. The predicted octanol–water partition coefficient (Wildman–Crippen LogP) is 4.17. The van der Waals surface area contributed by atoms with Crippen LogP contribution in [0, 0.1) is 0 Å². The topological polar surface area (TPSA) is 38.1 Å². The Labute approximate surface area is 147 Å². The summed E-state index contributed by atoms with van der Waals surface area (Å²) < 4.78 is 41.1. The van der Waals surface area contributed by atoms with Gasteiger partial charge in [-0.05, 0) is 30.2 Å². The van der Waals surface area contributed by atoms with E-state index in [1.807, 2.05) is 12.1 Å². The molecule has 0 spiro atoms. The summed E-state index contributed by atoms with van der Waals surface area (Å²) >= 11 is 0. The highest BCUT2D eigenvalue weighted by molar-refractivity contribution is 5.84. The van der Waals surface area contributed by atoms with E-state index < -0.39 is 11.9 Å². The van der Waals surface area contributed by atoms with Crippen LogP contribution in [0.25, 0.3) is 16.6 Å². The first-order chi connectivity index (χ1) is 12.4. The van der Waals surface area contributed by atoms with Crippen LogP contribution in [0.4, 0.5) is 13.2 Å². The first kappa shape index (κ1) is 16.6. The number of para-hydroxylation sites is 1. The number of hydrogen-bond acceptors (Lipinski definition) is 2. The monoisotopic (exact) mass is 359 g/mol. The Morgan fingerprint density at radius 2 is 1.77 bits per heavy atom. The highest BCUT2D eigenvalue weighted by Crippen LogP contribution is 2.34. The van der Waals surface area contributed by atoms with Gasteiger partial charge in [0.05, 0.1) is 11.2 Å². The van der Waals surface area contributed by atoms with Crippen molar-refractivity contribution in [1.82, 2.24) is 14.7 Å². The molecular weight excluding hydrogens is 343 g/mol. The lowest BCUT2D eigenvalue weighted by Crippen LogP contribution is -2.23. The number of aromatic nitrogens is 2. The van der Waals surface area contributed by atoms with Crippen LogP contribution < -0.4 is 0 Å². The molecule has 0 aliphatic carbocycles. The first-order valence-electron chi connectivity index (χ1n) is 8.35. The SMILES string of the molecule is O=C1CCCN1Cc1ccc(-n2nc(C(F)(F)F)c3ccccc32)cc1. The maximum absolute atomic E-state index is 13.3. The lowest BCUT2D eigenvalue weighted by Gasteiger charge is -2.15. The summed E-state index contributed by atoms with van der Waals surface area (Å²) in [5, 5.41) is 3.88. The van der Waals surface area contributed by atoms with Gasteiger partial charge in [0, 0.05) is 24.9 Å². The quantitative estimate of drug-likeness (QED) is 0.704. The van der Waals surface area contributed by atoms with Gasteiger partial charge in [-0.3, -0.25) is 4.79 Å². The molecule has 1 amide bonds. The van der Waals surface area contributed by atoms with Gasteiger partial charge in [0.15, 0.2) is 5.69 Å². The number of rotatable bonds is 3. The summed E-state index contributed by atoms with van der Waals surface area (Å²) in [5.74, 6) is 0.141. The molecule has 0 atom stereocenters. The fourth-order valence-corrected chi connectivity index (χ4v) is 3.31. The van der Waals surface area contributed by atoms with Crippen molar-refractivity contribution in [3.05, 3.63) is 59.8 Å². The van der Waals surface area contributed by atoms with Crippen molar-refractivity contribution in [2.45, 2.75) is 25.6 Å². The van der Waals surface area contributed by atoms with Crippen molar-refractivity contribution in [3.8, 4) is 5.69 Å². The van der Waals surface area contributed by atoms with Gasteiger partial charge in [-0.2, -0.15) is 18.3 Å². The second-order valence-corrected chi connectivity index (χ2v) is 6.36. The number of halogens is 3. The third kappa shape index (κ3) is 2.94. The number of fused-ring (bicyclic) bond motifs is 1. The molecule has 2 aromatic carbocycles. The molecule has 134 valence electrons. The third-order valence-electron chi connectivity index (χ3n) is 4.58. The molecule has 0 bridgehead atoms. The lowest BCUT2D eigenvalue weighted by atomic mass is 10.2. The average molecular weight is 359 g/mol. The molecule has 1 saturated heterocycles. The fraction of sp³-hybridized carbons (Fsp3) is 0.263. The molecule has 4 rings (SSSR count). The molecule has 0 radical (unpaired) electrons. The van der Waals surface area contributed by atoms with Gasteiger partial charge in [-0.25, -0.2) is 4.68 Å². The van der Waals surface area contributed by atoms with Gasteiger partial charge in [0.1, 0.15) is 0 Å². The predicted molar refractivity (Wildman–Crippen MR) is 90.7 cm³/mol. The molecule has 1 fully saturated rings. The number of carbonyl (C=O) groups is 1. The number of hydrogen-bond donors (Lipinski definition) is 0. The van der Waals surface area contributed by atoms with E-state index in [9.17, 15) is 18.0 Å². The molecule has 4 nitrogen and oxygen atoms in total. The fourth-order valence-electron chi connectivity index (χ4n) is 3.31. The van der Waals surface area contributed by atoms with Gasteiger partial charge < -0.3 is 4.90 Å². The van der Waals surface area contributed by atoms with Crippen LogP contribution in [0.2, 0.25) is 0 Å². The third-order valence-corrected chi connectivity index (χ3v) is 4.58. The summed E-state index contributed by atoms with van der Waals surface area (Å²) in [6.07, 6.45) is -3.06. The van der Waals surface area contributed by atoms with E-state index in [1.165, 1.54) is 10.7 Å². The lowest BCUT2D eigenvalue weighted by molar-refractivity contribution is -0.140. The maximum Gasteiger partial charge on any atom is 0.435 e. The zero-order chi connectivity index (χ0) is 18.3. The Bertz CT molecular complexity index is 960. The Balaban J connectivity index is 1.68. The summed E-state index contributed by atoms with van der Waals surface area (Å²) in [6, 6.07) is 13.4. The molecule has 1 aliphatic heterocycles. The Kier molecular flexibility index (Phi) is 3.94. The normalized spacial score (nSPS) is 15.2. The number of benzene rings is 2. The largest absolute Gasteiger partial charge is 0.435 e. The van der Waals surface area contributed by atoms with Gasteiger partial charge >= 0.3 is 6.18 Å². The maximum atomic E-state index is 13.3. The zero-order valence-corrected chi connectivity index (χ0v) is 13.8.